The minimum absolute atomic E-state index is 1.00. The number of hydrogen-bond donors (Lipinski definition) is 0. The van der Waals surface area contributed by atoms with Crippen LogP contribution in [0.1, 0.15) is 192 Å². The van der Waals surface area contributed by atoms with Gasteiger partial charge in [0.15, 0.2) is 0 Å². The molecule has 0 N–H and O–H groups in total. The maximum absolute atomic E-state index is 2.58. The van der Waals surface area contributed by atoms with Gasteiger partial charge in [-0.15, -0.1) is 0 Å². The molecular weight excluding hydrogens is 508 g/mol. The smallest absolute Gasteiger partial charge is 0.234 e. The number of benzene rings is 1. The van der Waals surface area contributed by atoms with Crippen LogP contribution in [0.5, 0.6) is 0 Å². The molecular formula is C40H71N2+. The molecule has 42 heavy (non-hydrogen) atoms. The van der Waals surface area contributed by atoms with Gasteiger partial charge in [0.25, 0.3) is 5.82 Å². The van der Waals surface area contributed by atoms with Gasteiger partial charge in [-0.2, -0.15) is 0 Å². The lowest BCUT2D eigenvalue weighted by molar-refractivity contribution is -0.695. The fraction of sp³-hybridized carbons (Fsp3) is 0.775. The van der Waals surface area contributed by atoms with Crippen LogP contribution in [0, 0.1) is 0 Å². The van der Waals surface area contributed by atoms with Crippen LogP contribution < -0.4 is 4.57 Å². The van der Waals surface area contributed by atoms with E-state index in [1.807, 2.05) is 0 Å². The fourth-order valence-electron chi connectivity index (χ4n) is 6.51. The third-order valence-electron chi connectivity index (χ3n) is 9.29. The molecule has 0 bridgehead atoms. The maximum Gasteiger partial charge on any atom is 0.256 e. The average Bonchev–Trinajstić information content (AvgIpc) is 3.39. The number of aromatic nitrogens is 2. The molecule has 0 spiro atoms. The SMILES string of the molecule is CCCCCCCCCCCCCCCCc1n(CCCCCCCCCCCCCC)cc[n+]1Cc1ccccc1. The van der Waals surface area contributed by atoms with E-state index < -0.39 is 0 Å². The highest BCUT2D eigenvalue weighted by Crippen LogP contribution is 2.15. The summed E-state index contributed by atoms with van der Waals surface area (Å²) in [6.07, 6.45) is 43.0. The number of rotatable bonds is 30. The second kappa shape index (κ2) is 27.0. The van der Waals surface area contributed by atoms with E-state index in [4.69, 9.17) is 0 Å². The molecule has 1 aromatic heterocycles. The molecule has 0 aliphatic carbocycles. The summed E-state index contributed by atoms with van der Waals surface area (Å²) >= 11 is 0. The van der Waals surface area contributed by atoms with Crippen LogP contribution in [0.25, 0.3) is 0 Å². The van der Waals surface area contributed by atoms with E-state index in [0.29, 0.717) is 0 Å². The normalized spacial score (nSPS) is 11.5. The third kappa shape index (κ3) is 18.9. The highest BCUT2D eigenvalue weighted by molar-refractivity contribution is 5.13. The summed E-state index contributed by atoms with van der Waals surface area (Å²) in [7, 11) is 0. The van der Waals surface area contributed by atoms with E-state index in [2.05, 4.69) is 65.7 Å². The monoisotopic (exact) mass is 580 g/mol. The molecule has 1 heterocycles. The minimum atomic E-state index is 1.00. The van der Waals surface area contributed by atoms with E-state index >= 15 is 0 Å². The van der Waals surface area contributed by atoms with Crippen molar-refractivity contribution in [3.8, 4) is 0 Å². The molecule has 0 saturated carbocycles. The molecule has 0 amide bonds. The highest BCUT2D eigenvalue weighted by Gasteiger charge is 2.17. The van der Waals surface area contributed by atoms with E-state index in [1.165, 1.54) is 185 Å². The standard InChI is InChI=1S/C40H71N2/c1-3-5-7-9-11-13-15-17-18-19-21-23-25-30-34-40-41(36-37-42(40)38-39-32-28-27-29-33-39)35-31-26-24-22-20-16-14-12-10-8-6-4-2/h27-29,32-33,36-37H,3-26,30-31,34-35,38H2,1-2H3/q+1. The van der Waals surface area contributed by atoms with Gasteiger partial charge in [-0.25, -0.2) is 9.13 Å². The van der Waals surface area contributed by atoms with Crippen molar-refractivity contribution >= 4 is 0 Å². The van der Waals surface area contributed by atoms with Crippen molar-refractivity contribution in [1.82, 2.24) is 4.57 Å². The summed E-state index contributed by atoms with van der Waals surface area (Å²) in [4.78, 5) is 0. The molecule has 2 rings (SSSR count). The Morgan fingerprint density at radius 1 is 0.476 bits per heavy atom. The summed E-state index contributed by atoms with van der Waals surface area (Å²) in [6, 6.07) is 11.0. The van der Waals surface area contributed by atoms with Crippen molar-refractivity contribution in [3.63, 3.8) is 0 Å². The summed E-state index contributed by atoms with van der Waals surface area (Å²) < 4.78 is 5.11. The van der Waals surface area contributed by atoms with Gasteiger partial charge in [-0.3, -0.25) is 0 Å². The molecule has 2 nitrogen and oxygen atoms in total. The van der Waals surface area contributed by atoms with Gasteiger partial charge in [0.05, 0.1) is 6.54 Å². The highest BCUT2D eigenvalue weighted by atomic mass is 15.1. The zero-order chi connectivity index (χ0) is 29.8. The van der Waals surface area contributed by atoms with Crippen LogP contribution in [0.15, 0.2) is 42.7 Å². The second-order valence-electron chi connectivity index (χ2n) is 13.3. The number of unbranched alkanes of at least 4 members (excludes halogenated alkanes) is 24. The van der Waals surface area contributed by atoms with Gasteiger partial charge in [-0.05, 0) is 24.8 Å². The first kappa shape index (κ1) is 36.6. The van der Waals surface area contributed by atoms with E-state index in [9.17, 15) is 0 Å². The first-order chi connectivity index (χ1) is 20.8. The Hall–Kier alpha value is -1.57. The van der Waals surface area contributed by atoms with Crippen molar-refractivity contribution in [1.29, 1.82) is 0 Å². The average molecular weight is 580 g/mol. The number of hydrogen-bond acceptors (Lipinski definition) is 0. The van der Waals surface area contributed by atoms with Gasteiger partial charge < -0.3 is 0 Å². The van der Waals surface area contributed by atoms with Crippen LogP contribution in [0.3, 0.4) is 0 Å². The summed E-state index contributed by atoms with van der Waals surface area (Å²) in [5.74, 6) is 1.54. The molecule has 2 heteroatoms. The van der Waals surface area contributed by atoms with E-state index in [1.54, 1.807) is 5.82 Å². The Kier molecular flexibility index (Phi) is 23.6. The summed E-state index contributed by atoms with van der Waals surface area (Å²) in [5.41, 5.74) is 1.41. The van der Waals surface area contributed by atoms with Crippen LogP contribution in [0.4, 0.5) is 0 Å². The van der Waals surface area contributed by atoms with Gasteiger partial charge in [0.2, 0.25) is 0 Å². The molecule has 0 atom stereocenters. The molecule has 0 aliphatic rings. The molecule has 1 aromatic carbocycles. The van der Waals surface area contributed by atoms with Crippen molar-refractivity contribution in [2.45, 2.75) is 200 Å². The zero-order valence-electron chi connectivity index (χ0n) is 28.4. The van der Waals surface area contributed by atoms with Crippen molar-refractivity contribution < 1.29 is 4.57 Å². The van der Waals surface area contributed by atoms with Crippen LogP contribution in [0.2, 0.25) is 0 Å². The molecule has 0 aliphatic heterocycles. The van der Waals surface area contributed by atoms with Crippen molar-refractivity contribution in [2.75, 3.05) is 0 Å². The fourth-order valence-corrected chi connectivity index (χ4v) is 6.51. The number of nitrogens with zero attached hydrogens (tertiary/aromatic N) is 2. The second-order valence-corrected chi connectivity index (χ2v) is 13.3. The van der Waals surface area contributed by atoms with Crippen LogP contribution in [-0.4, -0.2) is 4.57 Å². The third-order valence-corrected chi connectivity index (χ3v) is 9.29. The predicted molar refractivity (Wildman–Crippen MR) is 185 cm³/mol. The number of aryl methyl sites for hydroxylation is 1. The van der Waals surface area contributed by atoms with E-state index in [-0.39, 0.29) is 0 Å². The number of imidazole rings is 1. The quantitative estimate of drug-likeness (QED) is 0.0643. The minimum Gasteiger partial charge on any atom is -0.234 e. The Morgan fingerprint density at radius 3 is 1.33 bits per heavy atom. The lowest BCUT2D eigenvalue weighted by Crippen LogP contribution is -2.37. The topological polar surface area (TPSA) is 8.81 Å². The lowest BCUT2D eigenvalue weighted by Gasteiger charge is -2.07. The summed E-state index contributed by atoms with van der Waals surface area (Å²) in [6.45, 7) is 6.80. The van der Waals surface area contributed by atoms with Gasteiger partial charge in [0, 0.05) is 6.42 Å². The Morgan fingerprint density at radius 2 is 0.881 bits per heavy atom. The molecule has 0 unspecified atom stereocenters. The van der Waals surface area contributed by atoms with Crippen LogP contribution in [-0.2, 0) is 19.5 Å². The molecule has 0 fully saturated rings. The van der Waals surface area contributed by atoms with Crippen LogP contribution >= 0.6 is 0 Å². The first-order valence-corrected chi connectivity index (χ1v) is 19.0. The summed E-state index contributed by atoms with van der Waals surface area (Å²) in [5, 5.41) is 0. The van der Waals surface area contributed by atoms with Crippen molar-refractivity contribution in [3.05, 3.63) is 54.1 Å². The predicted octanol–water partition coefficient (Wildman–Crippen LogP) is 12.5. The Bertz CT molecular complexity index is 823. The molecule has 2 aromatic rings. The zero-order valence-corrected chi connectivity index (χ0v) is 28.4. The van der Waals surface area contributed by atoms with Gasteiger partial charge in [-0.1, -0.05) is 192 Å². The Labute approximate surface area is 263 Å². The Balaban J connectivity index is 1.61. The van der Waals surface area contributed by atoms with E-state index in [0.717, 1.165) is 6.54 Å². The largest absolute Gasteiger partial charge is 0.256 e. The molecule has 0 saturated heterocycles. The first-order valence-electron chi connectivity index (χ1n) is 19.0. The van der Waals surface area contributed by atoms with Gasteiger partial charge >= 0.3 is 0 Å². The molecule has 240 valence electrons. The maximum atomic E-state index is 2.58. The lowest BCUT2D eigenvalue weighted by atomic mass is 10.0. The van der Waals surface area contributed by atoms with Crippen molar-refractivity contribution in [2.24, 2.45) is 0 Å². The van der Waals surface area contributed by atoms with Gasteiger partial charge in [0.1, 0.15) is 18.9 Å². The molecule has 0 radical (unpaired) electrons.